The molecule has 0 bridgehead atoms. The fourth-order valence-corrected chi connectivity index (χ4v) is 3.73. The van der Waals surface area contributed by atoms with Gasteiger partial charge in [0.05, 0.1) is 12.0 Å². The van der Waals surface area contributed by atoms with Crippen LogP contribution in [0.4, 0.5) is 5.95 Å². The molecule has 0 aliphatic carbocycles. The Morgan fingerprint density at radius 1 is 1.21 bits per heavy atom. The monoisotopic (exact) mass is 384 g/mol. The van der Waals surface area contributed by atoms with Gasteiger partial charge < -0.3 is 14.2 Å². The van der Waals surface area contributed by atoms with Gasteiger partial charge in [-0.05, 0) is 32.9 Å². The Morgan fingerprint density at radius 2 is 1.93 bits per heavy atom. The summed E-state index contributed by atoms with van der Waals surface area (Å²) in [5.74, 6) is 0.865. The number of amides is 1. The summed E-state index contributed by atoms with van der Waals surface area (Å²) in [6.07, 6.45) is 1.50. The van der Waals surface area contributed by atoms with E-state index in [1.807, 2.05) is 20.8 Å². The molecule has 4 rings (SSSR count). The molecule has 1 aliphatic heterocycles. The molecule has 4 heterocycles. The number of hydrogen-bond acceptors (Lipinski definition) is 6. The van der Waals surface area contributed by atoms with E-state index in [9.17, 15) is 9.59 Å². The molecule has 9 heteroatoms. The summed E-state index contributed by atoms with van der Waals surface area (Å²) >= 11 is 0. The van der Waals surface area contributed by atoms with Crippen molar-refractivity contribution in [1.82, 2.24) is 24.2 Å². The highest BCUT2D eigenvalue weighted by molar-refractivity contribution is 5.91. The average Bonchev–Trinajstić information content (AvgIpc) is 3.29. The van der Waals surface area contributed by atoms with Gasteiger partial charge in [-0.1, -0.05) is 0 Å². The van der Waals surface area contributed by atoms with E-state index in [1.165, 1.54) is 6.26 Å². The van der Waals surface area contributed by atoms with Gasteiger partial charge in [-0.2, -0.15) is 5.10 Å². The van der Waals surface area contributed by atoms with E-state index in [-0.39, 0.29) is 17.5 Å². The van der Waals surface area contributed by atoms with Crippen molar-refractivity contribution in [3.8, 4) is 0 Å². The standard InChI is InChI=1S/C19H24N6O3/c1-12(2)25-18(27)16-15(13(3)21-22(16)4)20-19(25)24-9-7-23(8-10-24)17(26)14-6-5-11-28-14/h5-6,11-12H,7-10H2,1-4H3. The van der Waals surface area contributed by atoms with E-state index in [2.05, 4.69) is 10.00 Å². The SMILES string of the molecule is Cc1nn(C)c2c(=O)n(C(C)C)c(N3CCN(C(=O)c4ccco4)CC3)nc12. The molecule has 1 amide bonds. The maximum Gasteiger partial charge on any atom is 0.289 e. The number of rotatable bonds is 3. The van der Waals surface area contributed by atoms with Gasteiger partial charge >= 0.3 is 0 Å². The van der Waals surface area contributed by atoms with Gasteiger partial charge in [0, 0.05) is 39.3 Å². The smallest absolute Gasteiger partial charge is 0.289 e. The number of piperazine rings is 1. The van der Waals surface area contributed by atoms with Crippen molar-refractivity contribution in [2.24, 2.45) is 7.05 Å². The van der Waals surface area contributed by atoms with Crippen molar-refractivity contribution < 1.29 is 9.21 Å². The summed E-state index contributed by atoms with van der Waals surface area (Å²) < 4.78 is 8.53. The second-order valence-corrected chi connectivity index (χ2v) is 7.34. The number of carbonyl (C=O) groups is 1. The fraction of sp³-hybridized carbons (Fsp3) is 0.474. The highest BCUT2D eigenvalue weighted by Crippen LogP contribution is 2.22. The lowest BCUT2D eigenvalue weighted by Crippen LogP contribution is -2.50. The van der Waals surface area contributed by atoms with Crippen LogP contribution in [0.25, 0.3) is 11.0 Å². The van der Waals surface area contributed by atoms with Crippen molar-refractivity contribution in [2.75, 3.05) is 31.1 Å². The summed E-state index contributed by atoms with van der Waals surface area (Å²) in [4.78, 5) is 34.3. The maximum absolute atomic E-state index is 13.2. The van der Waals surface area contributed by atoms with Gasteiger partial charge in [-0.25, -0.2) is 4.98 Å². The Balaban J connectivity index is 1.66. The number of hydrogen-bond donors (Lipinski definition) is 0. The molecule has 0 unspecified atom stereocenters. The first-order valence-corrected chi connectivity index (χ1v) is 9.42. The predicted octanol–water partition coefficient (Wildman–Crippen LogP) is 1.57. The van der Waals surface area contributed by atoms with Crippen LogP contribution in [0.5, 0.6) is 0 Å². The van der Waals surface area contributed by atoms with Gasteiger partial charge in [0.15, 0.2) is 11.3 Å². The van der Waals surface area contributed by atoms with Crippen molar-refractivity contribution in [3.63, 3.8) is 0 Å². The van der Waals surface area contributed by atoms with Crippen molar-refractivity contribution in [2.45, 2.75) is 26.8 Å². The Morgan fingerprint density at radius 3 is 2.54 bits per heavy atom. The Labute approximate surface area is 162 Å². The number of aryl methyl sites for hydroxylation is 2. The molecule has 3 aromatic rings. The molecule has 0 spiro atoms. The van der Waals surface area contributed by atoms with Crippen LogP contribution in [0, 0.1) is 6.92 Å². The van der Waals surface area contributed by atoms with Crippen LogP contribution in [-0.2, 0) is 7.05 Å². The molecule has 148 valence electrons. The Hall–Kier alpha value is -3.10. The van der Waals surface area contributed by atoms with Crippen molar-refractivity contribution in [1.29, 1.82) is 0 Å². The predicted molar refractivity (Wildman–Crippen MR) is 105 cm³/mol. The molecule has 9 nitrogen and oxygen atoms in total. The quantitative estimate of drug-likeness (QED) is 0.681. The Bertz CT molecular complexity index is 1070. The molecule has 28 heavy (non-hydrogen) atoms. The highest BCUT2D eigenvalue weighted by Gasteiger charge is 2.28. The Kier molecular flexibility index (Phi) is 4.44. The van der Waals surface area contributed by atoms with E-state index in [4.69, 9.17) is 9.40 Å². The van der Waals surface area contributed by atoms with Gasteiger partial charge in [-0.15, -0.1) is 0 Å². The van der Waals surface area contributed by atoms with Gasteiger partial charge in [0.2, 0.25) is 5.95 Å². The minimum Gasteiger partial charge on any atom is -0.459 e. The molecule has 1 saturated heterocycles. The zero-order valence-corrected chi connectivity index (χ0v) is 16.5. The van der Waals surface area contributed by atoms with Crippen LogP contribution in [0.15, 0.2) is 27.6 Å². The molecule has 0 saturated carbocycles. The summed E-state index contributed by atoms with van der Waals surface area (Å²) in [5, 5.41) is 4.36. The number of aromatic nitrogens is 4. The maximum atomic E-state index is 13.2. The van der Waals surface area contributed by atoms with E-state index in [1.54, 1.807) is 33.3 Å². The molecule has 1 aliphatic rings. The molecule has 0 N–H and O–H groups in total. The first-order chi connectivity index (χ1) is 13.4. The third kappa shape index (κ3) is 2.87. The number of furan rings is 1. The van der Waals surface area contributed by atoms with E-state index < -0.39 is 0 Å². The van der Waals surface area contributed by atoms with Gasteiger partial charge in [-0.3, -0.25) is 18.8 Å². The topological polar surface area (TPSA) is 89.4 Å². The van der Waals surface area contributed by atoms with Crippen LogP contribution in [0.1, 0.15) is 36.1 Å². The minimum atomic E-state index is -0.114. The second-order valence-electron chi connectivity index (χ2n) is 7.34. The number of fused-ring (bicyclic) bond motifs is 1. The third-order valence-electron chi connectivity index (χ3n) is 5.14. The lowest BCUT2D eigenvalue weighted by Gasteiger charge is -2.36. The summed E-state index contributed by atoms with van der Waals surface area (Å²) in [6.45, 7) is 8.07. The van der Waals surface area contributed by atoms with Crippen LogP contribution in [-0.4, -0.2) is 56.3 Å². The average molecular weight is 384 g/mol. The first-order valence-electron chi connectivity index (χ1n) is 9.42. The van der Waals surface area contributed by atoms with Crippen LogP contribution in [0.3, 0.4) is 0 Å². The normalized spacial score (nSPS) is 15.0. The van der Waals surface area contributed by atoms with Crippen LogP contribution < -0.4 is 10.5 Å². The van der Waals surface area contributed by atoms with Crippen LogP contribution in [0.2, 0.25) is 0 Å². The van der Waals surface area contributed by atoms with E-state index >= 15 is 0 Å². The molecule has 0 radical (unpaired) electrons. The van der Waals surface area contributed by atoms with E-state index in [0.717, 1.165) is 5.69 Å². The molecule has 1 fully saturated rings. The van der Waals surface area contributed by atoms with Crippen molar-refractivity contribution in [3.05, 3.63) is 40.2 Å². The number of carbonyl (C=O) groups excluding carboxylic acids is 1. The largest absolute Gasteiger partial charge is 0.459 e. The lowest BCUT2D eigenvalue weighted by molar-refractivity contribution is 0.0714. The zero-order valence-electron chi connectivity index (χ0n) is 16.5. The molecular weight excluding hydrogens is 360 g/mol. The molecule has 0 aromatic carbocycles. The number of anilines is 1. The van der Waals surface area contributed by atoms with Gasteiger partial charge in [0.1, 0.15) is 5.52 Å². The van der Waals surface area contributed by atoms with Crippen LogP contribution >= 0.6 is 0 Å². The minimum absolute atomic E-state index is 0.0441. The fourth-order valence-electron chi connectivity index (χ4n) is 3.73. The van der Waals surface area contributed by atoms with Gasteiger partial charge in [0.25, 0.3) is 11.5 Å². The molecule has 3 aromatic heterocycles. The molecule has 0 atom stereocenters. The third-order valence-corrected chi connectivity index (χ3v) is 5.14. The lowest BCUT2D eigenvalue weighted by atomic mass is 10.2. The summed E-state index contributed by atoms with van der Waals surface area (Å²) in [7, 11) is 1.77. The van der Waals surface area contributed by atoms with Crippen molar-refractivity contribution >= 4 is 22.9 Å². The van der Waals surface area contributed by atoms with E-state index in [0.29, 0.717) is 48.9 Å². The highest BCUT2D eigenvalue weighted by atomic mass is 16.3. The number of nitrogens with zero attached hydrogens (tertiary/aromatic N) is 6. The zero-order chi connectivity index (χ0) is 20.0. The first kappa shape index (κ1) is 18.3. The molecular formula is C19H24N6O3. The summed E-state index contributed by atoms with van der Waals surface area (Å²) in [6, 6.07) is 3.34. The summed E-state index contributed by atoms with van der Waals surface area (Å²) in [5.41, 5.74) is 1.79. The second kappa shape index (κ2) is 6.81.